The van der Waals surface area contributed by atoms with Crippen molar-refractivity contribution in [3.05, 3.63) is 11.6 Å². The molecule has 3 heterocycles. The van der Waals surface area contributed by atoms with Crippen molar-refractivity contribution < 1.29 is 94.2 Å². The van der Waals surface area contributed by atoms with Gasteiger partial charge in [-0.1, -0.05) is 46.3 Å². The molecule has 0 aromatic carbocycles. The zero-order valence-corrected chi connectivity index (χ0v) is 39.7. The van der Waals surface area contributed by atoms with E-state index in [1.807, 2.05) is 0 Å². The van der Waals surface area contributed by atoms with Gasteiger partial charge >= 0.3 is 11.9 Å². The van der Waals surface area contributed by atoms with Crippen molar-refractivity contribution in [2.45, 2.75) is 211 Å². The van der Waals surface area contributed by atoms with Crippen LogP contribution in [0.3, 0.4) is 0 Å². The summed E-state index contributed by atoms with van der Waals surface area (Å²) in [6.07, 6.45) is -16.7. The number of aliphatic carboxylic acids is 1. The Morgan fingerprint density at radius 1 is 0.687 bits per heavy atom. The number of carboxylic acid groups (broad SMARTS) is 1. The Labute approximate surface area is 391 Å². The van der Waals surface area contributed by atoms with E-state index < -0.39 is 134 Å². The summed E-state index contributed by atoms with van der Waals surface area (Å²) in [6.45, 7) is 13.0. The molecule has 0 radical (unpaired) electrons. The average Bonchev–Trinajstić information content (AvgIpc) is 3.27. The minimum absolute atomic E-state index is 0.128. The summed E-state index contributed by atoms with van der Waals surface area (Å²) in [7, 11) is 0. The van der Waals surface area contributed by atoms with Gasteiger partial charge in [-0.2, -0.15) is 0 Å². The van der Waals surface area contributed by atoms with E-state index >= 15 is 0 Å². The van der Waals surface area contributed by atoms with Crippen LogP contribution >= 0.6 is 0 Å². The highest BCUT2D eigenvalue weighted by Crippen LogP contribution is 2.76. The van der Waals surface area contributed by atoms with E-state index in [-0.39, 0.29) is 39.4 Å². The molecule has 5 aliphatic carbocycles. The fourth-order valence-electron chi connectivity index (χ4n) is 14.8. The second-order valence-electron chi connectivity index (χ2n) is 23.3. The summed E-state index contributed by atoms with van der Waals surface area (Å²) in [4.78, 5) is 27.8. The summed E-state index contributed by atoms with van der Waals surface area (Å²) in [5.74, 6) is -1.87. The topological polar surface area (TPSA) is 312 Å². The van der Waals surface area contributed by atoms with Crippen LogP contribution in [0.5, 0.6) is 0 Å². The number of carbonyl (C=O) groups is 2. The number of hydrogen-bond acceptors (Lipinski definition) is 18. The minimum atomic E-state index is -1.87. The molecule has 382 valence electrons. The highest BCUT2D eigenvalue weighted by atomic mass is 16.8. The number of carbonyl (C=O) groups excluding carboxylic acids is 1. The lowest BCUT2D eigenvalue weighted by Crippen LogP contribution is -2.66. The standard InChI is InChI=1S/C48H76O19/c1-21-29(51)31(53)34(56)39(63-21)66-37-24(19-49)64-38(36(58)33(37)55)62-20-25-30(52)32(54)35(57)40(65-25)67-42(61)48-16-14-43(2,3)18-23(48)22-8-9-26-44(4)12-11-28(50)47(7,41(59)60)27(44)10-13-46(26,6)45(22,5)15-17-48/h8,21,23-40,49-58H,9-20H2,1-7H3,(H,59,60)/t21-,23+,24+,25+,26+,27-,28+,29-,30+,31+,32-,33+,34+,35+,36+,37+,38+,39-,40-,44+,45+,46+,47-,48-/m0/s1. The van der Waals surface area contributed by atoms with Gasteiger partial charge in [-0.05, 0) is 117 Å². The lowest BCUT2D eigenvalue weighted by atomic mass is 9.33. The Balaban J connectivity index is 0.981. The quantitative estimate of drug-likeness (QED) is 0.109. The van der Waals surface area contributed by atoms with Gasteiger partial charge < -0.3 is 84.6 Å². The molecular formula is C48H76O19. The van der Waals surface area contributed by atoms with Crippen molar-refractivity contribution in [1.82, 2.24) is 0 Å². The number of allylic oxidation sites excluding steroid dienone is 2. The lowest BCUT2D eigenvalue weighted by Gasteiger charge is -2.71. The molecule has 0 amide bonds. The van der Waals surface area contributed by atoms with Crippen molar-refractivity contribution >= 4 is 11.9 Å². The first kappa shape index (κ1) is 51.4. The van der Waals surface area contributed by atoms with E-state index in [1.54, 1.807) is 6.92 Å². The second-order valence-corrected chi connectivity index (χ2v) is 23.3. The number of aliphatic hydroxyl groups is 10. The van der Waals surface area contributed by atoms with Gasteiger partial charge in [0.05, 0.1) is 36.3 Å². The van der Waals surface area contributed by atoms with E-state index in [4.69, 9.17) is 28.4 Å². The highest BCUT2D eigenvalue weighted by molar-refractivity contribution is 5.79. The molecule has 0 unspecified atom stereocenters. The van der Waals surface area contributed by atoms with Crippen LogP contribution in [0.15, 0.2) is 11.6 Å². The molecule has 67 heavy (non-hydrogen) atoms. The van der Waals surface area contributed by atoms with Crippen molar-refractivity contribution in [2.75, 3.05) is 13.2 Å². The molecule has 0 bridgehead atoms. The first-order valence-electron chi connectivity index (χ1n) is 24.3. The third-order valence-corrected chi connectivity index (χ3v) is 19.4. The molecule has 19 heteroatoms. The van der Waals surface area contributed by atoms with Gasteiger partial charge in [-0.3, -0.25) is 9.59 Å². The first-order valence-corrected chi connectivity index (χ1v) is 24.3. The number of aliphatic hydroxyl groups excluding tert-OH is 10. The zero-order valence-electron chi connectivity index (χ0n) is 39.7. The summed E-state index contributed by atoms with van der Waals surface area (Å²) < 4.78 is 34.7. The second kappa shape index (κ2) is 18.0. The molecule has 24 atom stereocenters. The lowest BCUT2D eigenvalue weighted by molar-refractivity contribution is -0.361. The largest absolute Gasteiger partial charge is 0.481 e. The van der Waals surface area contributed by atoms with Gasteiger partial charge in [-0.25, -0.2) is 0 Å². The van der Waals surface area contributed by atoms with Crippen LogP contribution in [-0.2, 0) is 38.0 Å². The molecular weight excluding hydrogens is 881 g/mol. The van der Waals surface area contributed by atoms with Crippen LogP contribution in [0, 0.1) is 50.2 Å². The zero-order chi connectivity index (χ0) is 49.1. The Hall–Kier alpha value is -1.92. The van der Waals surface area contributed by atoms with Gasteiger partial charge in [0, 0.05) is 0 Å². The van der Waals surface area contributed by atoms with Gasteiger partial charge in [0.15, 0.2) is 12.6 Å². The van der Waals surface area contributed by atoms with Crippen LogP contribution < -0.4 is 0 Å². The van der Waals surface area contributed by atoms with Crippen LogP contribution in [0.4, 0.5) is 0 Å². The fourth-order valence-corrected chi connectivity index (χ4v) is 14.8. The number of ether oxygens (including phenoxy) is 6. The normalized spacial score (nSPS) is 54.0. The average molecular weight is 957 g/mol. The minimum Gasteiger partial charge on any atom is -0.481 e. The smallest absolute Gasteiger partial charge is 0.315 e. The van der Waals surface area contributed by atoms with Crippen LogP contribution in [0.25, 0.3) is 0 Å². The molecule has 4 saturated carbocycles. The predicted molar refractivity (Wildman–Crippen MR) is 231 cm³/mol. The molecule has 11 N–H and O–H groups in total. The number of hydrogen-bond donors (Lipinski definition) is 11. The van der Waals surface area contributed by atoms with Crippen molar-refractivity contribution in [3.8, 4) is 0 Å². The van der Waals surface area contributed by atoms with Crippen molar-refractivity contribution in [1.29, 1.82) is 0 Å². The van der Waals surface area contributed by atoms with Gasteiger partial charge in [0.2, 0.25) is 6.29 Å². The molecule has 0 aromatic rings. The number of fused-ring (bicyclic) bond motifs is 7. The predicted octanol–water partition coefficient (Wildman–Crippen LogP) is 0.233. The number of rotatable bonds is 9. The van der Waals surface area contributed by atoms with E-state index in [1.165, 1.54) is 12.5 Å². The third kappa shape index (κ3) is 7.97. The molecule has 7 fully saturated rings. The number of carboxylic acids is 1. The van der Waals surface area contributed by atoms with E-state index in [0.717, 1.165) is 19.3 Å². The Kier molecular flexibility index (Phi) is 13.8. The van der Waals surface area contributed by atoms with E-state index in [2.05, 4.69) is 40.7 Å². The molecule has 0 spiro atoms. The van der Waals surface area contributed by atoms with Gasteiger partial charge in [0.25, 0.3) is 0 Å². The third-order valence-electron chi connectivity index (χ3n) is 19.4. The molecule has 3 saturated heterocycles. The summed E-state index contributed by atoms with van der Waals surface area (Å²) in [5, 5.41) is 118. The van der Waals surface area contributed by atoms with E-state index in [0.29, 0.717) is 44.9 Å². The molecule has 19 nitrogen and oxygen atoms in total. The molecule has 0 aromatic heterocycles. The Morgan fingerprint density at radius 2 is 1.31 bits per heavy atom. The van der Waals surface area contributed by atoms with E-state index in [9.17, 15) is 65.8 Å². The summed E-state index contributed by atoms with van der Waals surface area (Å²) in [5.41, 5.74) is -2.13. The molecule has 8 rings (SSSR count). The monoisotopic (exact) mass is 956 g/mol. The fraction of sp³-hybridized carbons (Fsp3) is 0.917. The number of esters is 1. The summed E-state index contributed by atoms with van der Waals surface area (Å²) in [6, 6.07) is 0. The van der Waals surface area contributed by atoms with Crippen LogP contribution in [-0.4, -0.2) is 180 Å². The van der Waals surface area contributed by atoms with Gasteiger partial charge in [0.1, 0.15) is 67.1 Å². The van der Waals surface area contributed by atoms with Crippen molar-refractivity contribution in [2.24, 2.45) is 50.2 Å². The molecule has 3 aliphatic heterocycles. The van der Waals surface area contributed by atoms with Crippen LogP contribution in [0.2, 0.25) is 0 Å². The molecule has 8 aliphatic rings. The van der Waals surface area contributed by atoms with Crippen molar-refractivity contribution in [3.63, 3.8) is 0 Å². The van der Waals surface area contributed by atoms with Crippen LogP contribution in [0.1, 0.15) is 113 Å². The summed E-state index contributed by atoms with van der Waals surface area (Å²) >= 11 is 0. The first-order chi connectivity index (χ1) is 31.2. The maximum Gasteiger partial charge on any atom is 0.315 e. The van der Waals surface area contributed by atoms with Gasteiger partial charge in [-0.15, -0.1) is 0 Å². The maximum absolute atomic E-state index is 15.0. The Bertz CT molecular complexity index is 1880. The highest BCUT2D eigenvalue weighted by Gasteiger charge is 2.71. The Morgan fingerprint density at radius 3 is 1.99 bits per heavy atom. The maximum atomic E-state index is 15.0. The SMILES string of the molecule is C[C@@H]1O[C@@H](O[C@H]2[C@H](O)[C@@H](O)[C@H](OC[C@H]3O[C@@H](OC(=O)[C@]45CCC(C)(C)C[C@@H]4C4=CC[C@@H]6[C@@]7(C)CC[C@@H](O)[C@@](C)(C(=O)O)[C@H]7CC[C@@]6(C)[C@]4(C)CC5)[C@H](O)[C@@H](O)[C@@H]3O)O[C@@H]2CO)[C@H](O)[C@H](O)[C@H]1O.